The number of benzene rings is 2. The zero-order valence-corrected chi connectivity index (χ0v) is 71.6. The zero-order chi connectivity index (χ0) is 91.9. The van der Waals surface area contributed by atoms with E-state index in [4.69, 9.17) is 81.3 Å². The van der Waals surface area contributed by atoms with E-state index in [1.807, 2.05) is 0 Å². The van der Waals surface area contributed by atoms with E-state index in [-0.39, 0.29) is 119 Å². The molecule has 6 aliphatic rings. The predicted octanol–water partition coefficient (Wildman–Crippen LogP) is 0.624. The van der Waals surface area contributed by atoms with Crippen LogP contribution in [-0.2, 0) is 135 Å². The second-order valence-corrected chi connectivity index (χ2v) is 30.9. The van der Waals surface area contributed by atoms with Gasteiger partial charge in [0.05, 0.1) is 190 Å². The number of carbonyl (C=O) groups excluding carboxylic acids is 11. The average Bonchev–Trinajstić information content (AvgIpc) is 1.49. The first-order valence-corrected chi connectivity index (χ1v) is 42.1. The number of nitrogens with one attached hydrogen (secondary N) is 7. The number of hydrogen-bond donors (Lipinski definition) is 10. The van der Waals surface area contributed by atoms with Crippen LogP contribution in [0.1, 0.15) is 100 Å². The number of anilines is 1. The van der Waals surface area contributed by atoms with Crippen molar-refractivity contribution in [3.8, 4) is 0 Å². The normalized spacial score (nSPS) is 23.3. The third-order valence-corrected chi connectivity index (χ3v) is 22.3. The minimum absolute atomic E-state index is 0.00917. The maximum atomic E-state index is 18.1. The number of Topliss-reactive ketones (excluding diaryl/α,β-unsaturated/α-hetero) is 1. The highest BCUT2D eigenvalue weighted by atomic mass is 19.1. The average molecular weight is 1800 g/mol. The molecule has 2 heterocycles. The summed E-state index contributed by atoms with van der Waals surface area (Å²) in [5, 5.41) is 47.0. The summed E-state index contributed by atoms with van der Waals surface area (Å²) >= 11 is 0. The van der Waals surface area contributed by atoms with Crippen molar-refractivity contribution in [2.45, 2.75) is 133 Å². The summed E-state index contributed by atoms with van der Waals surface area (Å²) in [4.78, 5) is 166. The first-order chi connectivity index (χ1) is 60.9. The molecule has 42 heteroatoms. The molecule has 4 fully saturated rings. The topological polar surface area (TPSA) is 508 Å². The molecule has 0 aromatic heterocycles. The number of carbonyl (C=O) groups is 13. The molecule has 0 bridgehead atoms. The summed E-state index contributed by atoms with van der Waals surface area (Å²) in [7, 11) is 0. The molecule has 39 nitrogen and oxygen atoms in total. The molecule has 2 aliphatic heterocycles. The number of ketones is 2. The first kappa shape index (κ1) is 103. The summed E-state index contributed by atoms with van der Waals surface area (Å²) in [6, 6.07) is 5.59. The second kappa shape index (κ2) is 52.2. The number of aryl methyl sites for hydroxylation is 1. The van der Waals surface area contributed by atoms with Crippen LogP contribution in [0.2, 0.25) is 0 Å². The summed E-state index contributed by atoms with van der Waals surface area (Å²) in [6.07, 6.45) is -2.35. The molecule has 0 spiro atoms. The number of rotatable bonds is 63. The van der Waals surface area contributed by atoms with Crippen molar-refractivity contribution >= 4 is 82.4 Å². The number of alkyl halides is 2. The molecule has 0 radical (unpaired) electrons. The van der Waals surface area contributed by atoms with Crippen molar-refractivity contribution in [2.24, 2.45) is 22.7 Å². The Morgan fingerprint density at radius 3 is 1.63 bits per heavy atom. The SMILES string of the molecule is C[C@H](NC(=O)CCc1ccc(N2C(=O)C=CC2=O)cc1C(=O)NCC(=O)NCC(=O)NCCOCCOCCOCCOCCOCCOCCOCCOCCOCCOCCOCCOCCC(=O)N[C@@H](CCC(=O)O)C(=O)O)C(=O)N[C@@H](C)C(=O)NCOCC(=O)[C@@]12O[C@H](c3cccc(F)c3)O[C@@H]1C[C@H]1[C@@H]3C[C@H](F)C4=CC(=O)C=C[C@]4(C)[C@@]3(F)[C@@H](O)C[C@@]12C. The van der Waals surface area contributed by atoms with Crippen molar-refractivity contribution in [1.82, 2.24) is 37.2 Å². The van der Waals surface area contributed by atoms with Crippen molar-refractivity contribution in [1.29, 1.82) is 0 Å². The van der Waals surface area contributed by atoms with Crippen LogP contribution in [0.4, 0.5) is 18.9 Å². The van der Waals surface area contributed by atoms with Gasteiger partial charge in [0.1, 0.15) is 43.5 Å². The molecular weight excluding hydrogens is 1690 g/mol. The smallest absolute Gasteiger partial charge is 0.326 e. The Bertz CT molecular complexity index is 4130. The Hall–Kier alpha value is -9.48. The molecule has 1 saturated heterocycles. The van der Waals surface area contributed by atoms with Gasteiger partial charge < -0.3 is 124 Å². The molecule has 10 N–H and O–H groups in total. The number of nitrogens with zero attached hydrogens (tertiary/aromatic N) is 1. The molecule has 127 heavy (non-hydrogen) atoms. The highest BCUT2D eigenvalue weighted by Crippen LogP contribution is 2.73. The van der Waals surface area contributed by atoms with Gasteiger partial charge in [0.2, 0.25) is 35.4 Å². The summed E-state index contributed by atoms with van der Waals surface area (Å²) < 4.78 is 133. The lowest BCUT2D eigenvalue weighted by atomic mass is 9.44. The van der Waals surface area contributed by atoms with Crippen LogP contribution >= 0.6 is 0 Å². The molecule has 4 aliphatic carbocycles. The van der Waals surface area contributed by atoms with Crippen LogP contribution in [0.15, 0.2) is 78.4 Å². The maximum absolute atomic E-state index is 18.1. The van der Waals surface area contributed by atoms with Crippen LogP contribution < -0.4 is 42.1 Å². The van der Waals surface area contributed by atoms with E-state index in [0.29, 0.717) is 119 Å². The zero-order valence-electron chi connectivity index (χ0n) is 71.6. The van der Waals surface area contributed by atoms with E-state index in [1.165, 1.54) is 69.3 Å². The standard InChI is InChI=1S/C85H117F3N8O31/c1-54(77(108)92-53-125-52-68(99)85-69(126-81(127-85)57-6-5-7-58(86)44-57)48-62-63-47-65(87)64-46-60(97)16-18-82(64,3)84(63,88)67(98)49-83(62,85)4)94-78(109)55(2)93-70(100)12-9-56-8-10-59(96-74(104)13-14-75(96)105)45-61(56)79(110)91-51-73(103)90-50-72(102)89-19-21-114-23-25-116-27-29-118-31-33-120-35-37-122-39-41-124-43-42-123-40-38-121-36-34-119-32-30-117-28-26-115-24-22-113-20-17-71(101)95-66(80(111)112)11-15-76(106)107/h5-8,10,13-14,16,18,44-46,54-55,62-63,65-67,69,81,98H,9,11-12,15,17,19-43,47-53H2,1-4H3,(H,89,102)(H,90,103)(H,91,110)(H,92,108)(H,93,100)(H,94,109)(H,95,101)(H,106,107)(H,111,112)/t54-,55-,62-,63-,65-,66-,67-,69+,81+,82-,83-,84-,85+/m0/s1. The minimum Gasteiger partial charge on any atom is -0.481 e. The van der Waals surface area contributed by atoms with E-state index in [1.54, 1.807) is 6.92 Å². The van der Waals surface area contributed by atoms with E-state index in [0.717, 1.165) is 29.2 Å². The number of allylic oxidation sites excluding steroid dienone is 4. The second-order valence-electron chi connectivity index (χ2n) is 30.9. The fourth-order valence-corrected chi connectivity index (χ4v) is 15.9. The molecule has 3 saturated carbocycles. The van der Waals surface area contributed by atoms with Crippen molar-refractivity contribution < 1.29 is 162 Å². The quantitative estimate of drug-likeness (QED) is 0.0247. The lowest BCUT2D eigenvalue weighted by molar-refractivity contribution is -0.235. The summed E-state index contributed by atoms with van der Waals surface area (Å²) in [6.45, 7) is 11.3. The Balaban J connectivity index is 0.604. The third-order valence-electron chi connectivity index (χ3n) is 22.3. The van der Waals surface area contributed by atoms with E-state index in [9.17, 15) is 71.8 Å². The number of aliphatic hydroxyl groups is 1. The van der Waals surface area contributed by atoms with Crippen molar-refractivity contribution in [3.05, 3.63) is 101 Å². The van der Waals surface area contributed by atoms with Gasteiger partial charge in [-0.05, 0) is 106 Å². The number of fused-ring (bicyclic) bond motifs is 7. The number of halogens is 3. The van der Waals surface area contributed by atoms with Crippen molar-refractivity contribution in [3.63, 3.8) is 0 Å². The fraction of sp³-hybridized carbons (Fsp3) is 0.635. The number of ether oxygens (including phenoxy) is 15. The number of hydrogen-bond acceptors (Lipinski definition) is 29. The van der Waals surface area contributed by atoms with E-state index in [2.05, 4.69) is 37.2 Å². The first-order valence-electron chi connectivity index (χ1n) is 42.1. The molecule has 8 rings (SSSR count). The Morgan fingerprint density at radius 1 is 0.567 bits per heavy atom. The highest BCUT2D eigenvalue weighted by Gasteiger charge is 2.80. The molecular formula is C85H117F3N8O31. The Labute approximate surface area is 731 Å². The van der Waals surface area contributed by atoms with Gasteiger partial charge in [-0.3, -0.25) is 57.5 Å². The summed E-state index contributed by atoms with van der Waals surface area (Å²) in [5.74, 6) is -12.7. The fourth-order valence-electron chi connectivity index (χ4n) is 15.9. The Kier molecular flexibility index (Phi) is 42.3. The van der Waals surface area contributed by atoms with E-state index >= 15 is 8.78 Å². The van der Waals surface area contributed by atoms with Crippen LogP contribution in [0.3, 0.4) is 0 Å². The maximum Gasteiger partial charge on any atom is 0.326 e. The van der Waals surface area contributed by atoms with Crippen LogP contribution in [0.25, 0.3) is 0 Å². The lowest BCUT2D eigenvalue weighted by Gasteiger charge is -2.63. The molecule has 2 aromatic rings. The number of aliphatic hydroxyl groups excluding tert-OH is 1. The van der Waals surface area contributed by atoms with Gasteiger partial charge in [-0.1, -0.05) is 31.2 Å². The van der Waals surface area contributed by atoms with Crippen LogP contribution in [0.5, 0.6) is 0 Å². The number of amides is 9. The van der Waals surface area contributed by atoms with Crippen LogP contribution in [0, 0.1) is 28.5 Å². The van der Waals surface area contributed by atoms with Gasteiger partial charge in [0.15, 0.2) is 29.1 Å². The van der Waals surface area contributed by atoms with Gasteiger partial charge in [0.25, 0.3) is 17.7 Å². The van der Waals surface area contributed by atoms with Gasteiger partial charge in [-0.2, -0.15) is 0 Å². The lowest BCUT2D eigenvalue weighted by Crippen LogP contribution is -2.70. The minimum atomic E-state index is -2.49. The predicted molar refractivity (Wildman–Crippen MR) is 437 cm³/mol. The van der Waals surface area contributed by atoms with Crippen LogP contribution in [-0.4, -0.2) is 331 Å². The molecule has 2 aromatic carbocycles. The molecule has 0 unspecified atom stereocenters. The largest absolute Gasteiger partial charge is 0.481 e. The number of aliphatic carboxylic acids is 2. The molecule has 704 valence electrons. The van der Waals surface area contributed by atoms with Gasteiger partial charge in [0, 0.05) is 65.8 Å². The highest BCUT2D eigenvalue weighted by molar-refractivity contribution is 6.28. The summed E-state index contributed by atoms with van der Waals surface area (Å²) in [5.41, 5.74) is -7.35. The van der Waals surface area contributed by atoms with E-state index < -0.39 is 192 Å². The monoisotopic (exact) mass is 1800 g/mol. The van der Waals surface area contributed by atoms with Gasteiger partial charge in [-0.15, -0.1) is 0 Å². The number of imide groups is 1. The Morgan fingerprint density at radius 2 is 1.09 bits per heavy atom. The molecule has 13 atom stereocenters. The third kappa shape index (κ3) is 30.0. The molecule has 9 amide bonds. The van der Waals surface area contributed by atoms with Gasteiger partial charge >= 0.3 is 11.9 Å². The number of carboxylic acid groups (broad SMARTS) is 2. The van der Waals surface area contributed by atoms with Crippen molar-refractivity contribution in [2.75, 3.05) is 196 Å². The van der Waals surface area contributed by atoms with Gasteiger partial charge in [-0.25, -0.2) is 22.9 Å². The number of carboxylic acids is 2.